The predicted octanol–water partition coefficient (Wildman–Crippen LogP) is 3.19. The van der Waals surface area contributed by atoms with Gasteiger partial charge >= 0.3 is 0 Å². The maximum absolute atomic E-state index is 12.4. The van der Waals surface area contributed by atoms with E-state index in [0.29, 0.717) is 21.7 Å². The number of hydrogen-bond acceptors (Lipinski definition) is 5. The zero-order valence-corrected chi connectivity index (χ0v) is 12.8. The first-order chi connectivity index (χ1) is 11.2. The van der Waals surface area contributed by atoms with Crippen LogP contribution >= 0.6 is 11.8 Å². The van der Waals surface area contributed by atoms with Gasteiger partial charge in [0.15, 0.2) is 0 Å². The van der Waals surface area contributed by atoms with Crippen molar-refractivity contribution in [1.82, 2.24) is 9.88 Å². The quantitative estimate of drug-likeness (QED) is 0.812. The van der Waals surface area contributed by atoms with Crippen molar-refractivity contribution in [3.63, 3.8) is 0 Å². The van der Waals surface area contributed by atoms with E-state index >= 15 is 0 Å². The molecule has 112 valence electrons. The van der Waals surface area contributed by atoms with Crippen LogP contribution in [0.4, 0.5) is 4.79 Å². The van der Waals surface area contributed by atoms with Crippen LogP contribution < -0.4 is 0 Å². The topological polar surface area (TPSA) is 74.1 Å². The molecule has 2 aromatic rings. The van der Waals surface area contributed by atoms with Crippen molar-refractivity contribution in [2.45, 2.75) is 6.54 Å². The summed E-state index contributed by atoms with van der Waals surface area (Å²) in [6, 6.07) is 14.4. The van der Waals surface area contributed by atoms with Crippen molar-refractivity contribution in [2.75, 3.05) is 0 Å². The van der Waals surface area contributed by atoms with Gasteiger partial charge in [-0.3, -0.25) is 19.5 Å². The lowest BCUT2D eigenvalue weighted by atomic mass is 10.1. The highest BCUT2D eigenvalue weighted by atomic mass is 32.2. The first-order valence-corrected chi connectivity index (χ1v) is 7.65. The van der Waals surface area contributed by atoms with Crippen molar-refractivity contribution >= 4 is 29.0 Å². The summed E-state index contributed by atoms with van der Waals surface area (Å²) in [6.45, 7) is 0.0912. The van der Waals surface area contributed by atoms with Gasteiger partial charge in [0.2, 0.25) is 0 Å². The van der Waals surface area contributed by atoms with E-state index in [1.807, 2.05) is 6.07 Å². The smallest absolute Gasteiger partial charge is 0.268 e. The molecule has 0 N–H and O–H groups in total. The third-order valence-electron chi connectivity index (χ3n) is 3.31. The number of carbonyl (C=O) groups excluding carboxylic acids is 2. The molecule has 0 saturated carbocycles. The van der Waals surface area contributed by atoms with Crippen molar-refractivity contribution in [3.8, 4) is 6.07 Å². The molecule has 1 fully saturated rings. The number of aromatic nitrogens is 1. The standard InChI is InChI=1S/C17H11N3O2S/c18-10-12-5-1-2-6-13(12)11-20-16(21)15(23-17(20)22)9-14-7-3-4-8-19-14/h1-9H,11H2/b15-9-. The van der Waals surface area contributed by atoms with E-state index in [1.165, 1.54) is 0 Å². The van der Waals surface area contributed by atoms with Gasteiger partial charge in [-0.25, -0.2) is 0 Å². The van der Waals surface area contributed by atoms with E-state index in [-0.39, 0.29) is 17.7 Å². The van der Waals surface area contributed by atoms with E-state index < -0.39 is 0 Å². The number of nitriles is 1. The second-order valence-corrected chi connectivity index (χ2v) is 5.78. The number of rotatable bonds is 3. The average molecular weight is 321 g/mol. The molecule has 0 unspecified atom stereocenters. The molecular formula is C17H11N3O2S. The highest BCUT2D eigenvalue weighted by Gasteiger charge is 2.35. The van der Waals surface area contributed by atoms with Crippen LogP contribution in [0.3, 0.4) is 0 Å². The molecule has 1 aromatic carbocycles. The molecule has 1 aliphatic heterocycles. The van der Waals surface area contributed by atoms with E-state index in [1.54, 1.807) is 48.7 Å². The lowest BCUT2D eigenvalue weighted by Gasteiger charge is -2.13. The Balaban J connectivity index is 1.85. The molecule has 1 aromatic heterocycles. The van der Waals surface area contributed by atoms with E-state index in [0.717, 1.165) is 16.7 Å². The Kier molecular flexibility index (Phi) is 4.22. The number of pyridine rings is 1. The zero-order valence-electron chi connectivity index (χ0n) is 12.0. The highest BCUT2D eigenvalue weighted by molar-refractivity contribution is 8.18. The predicted molar refractivity (Wildman–Crippen MR) is 86.9 cm³/mol. The largest absolute Gasteiger partial charge is 0.293 e. The summed E-state index contributed by atoms with van der Waals surface area (Å²) in [5.74, 6) is -0.363. The molecule has 0 spiro atoms. The second-order valence-electron chi connectivity index (χ2n) is 4.79. The van der Waals surface area contributed by atoms with E-state index in [2.05, 4.69) is 11.1 Å². The Morgan fingerprint density at radius 3 is 2.70 bits per heavy atom. The summed E-state index contributed by atoms with van der Waals surface area (Å²) in [5, 5.41) is 8.77. The summed E-state index contributed by atoms with van der Waals surface area (Å²) < 4.78 is 0. The van der Waals surface area contributed by atoms with Crippen LogP contribution in [0.15, 0.2) is 53.6 Å². The summed E-state index contributed by atoms with van der Waals surface area (Å²) in [5.41, 5.74) is 1.73. The van der Waals surface area contributed by atoms with Crippen LogP contribution in [0.25, 0.3) is 6.08 Å². The van der Waals surface area contributed by atoms with Gasteiger partial charge in [-0.2, -0.15) is 5.26 Å². The first kappa shape index (κ1) is 15.0. The Hall–Kier alpha value is -2.91. The van der Waals surface area contributed by atoms with Crippen molar-refractivity contribution in [3.05, 3.63) is 70.4 Å². The van der Waals surface area contributed by atoms with Crippen molar-refractivity contribution < 1.29 is 9.59 Å². The Morgan fingerprint density at radius 2 is 1.96 bits per heavy atom. The molecule has 0 atom stereocenters. The lowest BCUT2D eigenvalue weighted by Crippen LogP contribution is -2.27. The molecule has 3 rings (SSSR count). The highest BCUT2D eigenvalue weighted by Crippen LogP contribution is 2.33. The SMILES string of the molecule is N#Cc1ccccc1CN1C(=O)S/C(=C\c2ccccn2)C1=O. The van der Waals surface area contributed by atoms with Gasteiger partial charge in [-0.15, -0.1) is 0 Å². The summed E-state index contributed by atoms with van der Waals surface area (Å²) in [7, 11) is 0. The van der Waals surface area contributed by atoms with E-state index in [4.69, 9.17) is 5.26 Å². The molecule has 5 nitrogen and oxygen atoms in total. The van der Waals surface area contributed by atoms with Crippen LogP contribution in [-0.2, 0) is 11.3 Å². The molecule has 0 radical (unpaired) electrons. The molecule has 1 saturated heterocycles. The second kappa shape index (κ2) is 6.46. The van der Waals surface area contributed by atoms with Crippen LogP contribution in [0.5, 0.6) is 0 Å². The van der Waals surface area contributed by atoms with Gasteiger partial charge in [0.1, 0.15) is 0 Å². The molecule has 0 aliphatic carbocycles. The number of amides is 2. The maximum atomic E-state index is 12.4. The minimum absolute atomic E-state index is 0.0912. The molecular weight excluding hydrogens is 310 g/mol. The maximum Gasteiger partial charge on any atom is 0.293 e. The molecule has 2 amide bonds. The van der Waals surface area contributed by atoms with E-state index in [9.17, 15) is 9.59 Å². The minimum atomic E-state index is -0.363. The zero-order chi connectivity index (χ0) is 16.2. The fourth-order valence-electron chi connectivity index (χ4n) is 2.17. The van der Waals surface area contributed by atoms with Gasteiger partial charge in [0, 0.05) is 6.20 Å². The summed E-state index contributed by atoms with van der Waals surface area (Å²) in [4.78, 5) is 30.2. The van der Waals surface area contributed by atoms with Gasteiger partial charge in [0.05, 0.1) is 28.8 Å². The van der Waals surface area contributed by atoms with Gasteiger partial charge < -0.3 is 0 Å². The van der Waals surface area contributed by atoms with Crippen LogP contribution in [0, 0.1) is 11.3 Å². The molecule has 1 aliphatic rings. The van der Waals surface area contributed by atoms with Gasteiger partial charge in [-0.1, -0.05) is 24.3 Å². The van der Waals surface area contributed by atoms with Crippen LogP contribution in [-0.4, -0.2) is 21.0 Å². The fourth-order valence-corrected chi connectivity index (χ4v) is 2.99. The third kappa shape index (κ3) is 3.15. The minimum Gasteiger partial charge on any atom is -0.268 e. The third-order valence-corrected chi connectivity index (χ3v) is 4.21. The Labute approximate surface area is 137 Å². The summed E-state index contributed by atoms with van der Waals surface area (Å²) in [6.07, 6.45) is 3.22. The number of imide groups is 1. The van der Waals surface area contributed by atoms with Gasteiger partial charge in [0.25, 0.3) is 11.1 Å². The fraction of sp³-hybridized carbons (Fsp3) is 0.0588. The average Bonchev–Trinajstić information content (AvgIpc) is 2.84. The molecule has 6 heteroatoms. The molecule has 2 heterocycles. The van der Waals surface area contributed by atoms with Gasteiger partial charge in [-0.05, 0) is 41.6 Å². The molecule has 23 heavy (non-hydrogen) atoms. The summed E-state index contributed by atoms with van der Waals surface area (Å²) >= 11 is 0.885. The normalized spacial score (nSPS) is 16.0. The Morgan fingerprint density at radius 1 is 1.17 bits per heavy atom. The van der Waals surface area contributed by atoms with Crippen LogP contribution in [0.2, 0.25) is 0 Å². The van der Waals surface area contributed by atoms with Crippen LogP contribution in [0.1, 0.15) is 16.8 Å². The lowest BCUT2D eigenvalue weighted by molar-refractivity contribution is -0.123. The number of benzene rings is 1. The van der Waals surface area contributed by atoms with Crippen molar-refractivity contribution in [1.29, 1.82) is 5.26 Å². The number of nitrogens with zero attached hydrogens (tertiary/aromatic N) is 3. The monoisotopic (exact) mass is 321 g/mol. The number of carbonyl (C=O) groups is 2. The Bertz CT molecular complexity index is 840. The number of thioether (sulfide) groups is 1. The van der Waals surface area contributed by atoms with Crippen molar-refractivity contribution in [2.24, 2.45) is 0 Å². The number of hydrogen-bond donors (Lipinski definition) is 0. The first-order valence-electron chi connectivity index (χ1n) is 6.83. The molecule has 0 bridgehead atoms.